The van der Waals surface area contributed by atoms with Crippen molar-refractivity contribution in [2.45, 2.75) is 18.9 Å². The summed E-state index contributed by atoms with van der Waals surface area (Å²) >= 11 is 0. The number of hydrogen-bond donors (Lipinski definition) is 2. The van der Waals surface area contributed by atoms with Gasteiger partial charge in [0.05, 0.1) is 18.2 Å². The number of rotatable bonds is 4. The van der Waals surface area contributed by atoms with Gasteiger partial charge in [0.1, 0.15) is 5.75 Å². The molecule has 2 aromatic rings. The van der Waals surface area contributed by atoms with Gasteiger partial charge in [0.15, 0.2) is 0 Å². The van der Waals surface area contributed by atoms with Crippen molar-refractivity contribution in [2.24, 2.45) is 5.73 Å². The number of anilines is 1. The van der Waals surface area contributed by atoms with Crippen molar-refractivity contribution < 1.29 is 9.53 Å². The molecule has 1 heterocycles. The van der Waals surface area contributed by atoms with E-state index in [1.807, 2.05) is 6.07 Å². The molecular formula is C14H15N3O2. The van der Waals surface area contributed by atoms with Crippen LogP contribution in [-0.4, -0.2) is 24.0 Å². The summed E-state index contributed by atoms with van der Waals surface area (Å²) in [5.41, 5.74) is 7.53. The number of benzene rings is 1. The third kappa shape index (κ3) is 2.19. The van der Waals surface area contributed by atoms with E-state index in [0.29, 0.717) is 17.4 Å². The standard InChI is InChI=1S/C14H15N3O2/c1-19-13-7-12-9(6-10(13)14(15)18)11(4-5-16-12)17-8-2-3-8/h4-8H,2-3H2,1H3,(H2,15,18)(H,16,17). The molecule has 5 nitrogen and oxygen atoms in total. The van der Waals surface area contributed by atoms with Crippen molar-refractivity contribution in [1.29, 1.82) is 0 Å². The molecule has 3 rings (SSSR count). The van der Waals surface area contributed by atoms with Crippen molar-refractivity contribution in [1.82, 2.24) is 4.98 Å². The number of carbonyl (C=O) groups excluding carboxylic acids is 1. The van der Waals surface area contributed by atoms with Crippen LogP contribution in [0.4, 0.5) is 5.69 Å². The number of nitrogens with zero attached hydrogens (tertiary/aromatic N) is 1. The molecule has 1 aliphatic carbocycles. The van der Waals surface area contributed by atoms with Crippen LogP contribution < -0.4 is 15.8 Å². The van der Waals surface area contributed by atoms with E-state index in [-0.39, 0.29) is 0 Å². The molecule has 1 aromatic carbocycles. The second kappa shape index (κ2) is 4.42. The topological polar surface area (TPSA) is 77.2 Å². The first-order valence-electron chi connectivity index (χ1n) is 6.22. The normalized spacial score (nSPS) is 14.4. The highest BCUT2D eigenvalue weighted by molar-refractivity contribution is 6.03. The monoisotopic (exact) mass is 257 g/mol. The number of ether oxygens (including phenoxy) is 1. The zero-order valence-corrected chi connectivity index (χ0v) is 10.6. The van der Waals surface area contributed by atoms with E-state index in [9.17, 15) is 4.79 Å². The van der Waals surface area contributed by atoms with Gasteiger partial charge in [0.2, 0.25) is 0 Å². The fourth-order valence-corrected chi connectivity index (χ4v) is 2.11. The smallest absolute Gasteiger partial charge is 0.252 e. The van der Waals surface area contributed by atoms with Crippen LogP contribution in [0.25, 0.3) is 10.9 Å². The third-order valence-electron chi connectivity index (χ3n) is 3.27. The largest absolute Gasteiger partial charge is 0.496 e. The third-order valence-corrected chi connectivity index (χ3v) is 3.27. The Hall–Kier alpha value is -2.30. The number of hydrogen-bond acceptors (Lipinski definition) is 4. The lowest BCUT2D eigenvalue weighted by Crippen LogP contribution is -2.13. The summed E-state index contributed by atoms with van der Waals surface area (Å²) in [6, 6.07) is 5.93. The van der Waals surface area contributed by atoms with Gasteiger partial charge in [-0.05, 0) is 25.0 Å². The number of carbonyl (C=O) groups is 1. The van der Waals surface area contributed by atoms with E-state index >= 15 is 0 Å². The quantitative estimate of drug-likeness (QED) is 0.877. The summed E-state index contributed by atoms with van der Waals surface area (Å²) in [6.07, 6.45) is 4.11. The number of nitrogens with two attached hydrogens (primary N) is 1. The SMILES string of the molecule is COc1cc2nccc(NC3CC3)c2cc1C(N)=O. The van der Waals surface area contributed by atoms with Gasteiger partial charge in [0.25, 0.3) is 5.91 Å². The Morgan fingerprint density at radius 2 is 2.26 bits per heavy atom. The van der Waals surface area contributed by atoms with E-state index in [1.165, 1.54) is 20.0 Å². The number of methoxy groups -OCH3 is 1. The number of fused-ring (bicyclic) bond motifs is 1. The van der Waals surface area contributed by atoms with Crippen molar-refractivity contribution in [2.75, 3.05) is 12.4 Å². The van der Waals surface area contributed by atoms with Crippen molar-refractivity contribution in [3.8, 4) is 5.75 Å². The lowest BCUT2D eigenvalue weighted by atomic mass is 10.1. The molecule has 1 saturated carbocycles. The Labute approximate surface area is 110 Å². The summed E-state index contributed by atoms with van der Waals surface area (Å²) in [5.74, 6) is -0.0453. The fourth-order valence-electron chi connectivity index (χ4n) is 2.11. The van der Waals surface area contributed by atoms with E-state index in [1.54, 1.807) is 18.3 Å². The van der Waals surface area contributed by atoms with Gasteiger partial charge in [0, 0.05) is 29.4 Å². The maximum Gasteiger partial charge on any atom is 0.252 e. The summed E-state index contributed by atoms with van der Waals surface area (Å²) < 4.78 is 5.19. The highest BCUT2D eigenvalue weighted by Gasteiger charge is 2.22. The zero-order valence-electron chi connectivity index (χ0n) is 10.6. The second-order valence-electron chi connectivity index (χ2n) is 4.71. The Morgan fingerprint density at radius 3 is 2.89 bits per heavy atom. The van der Waals surface area contributed by atoms with Gasteiger partial charge in [-0.3, -0.25) is 9.78 Å². The van der Waals surface area contributed by atoms with Crippen LogP contribution in [0.3, 0.4) is 0 Å². The molecule has 0 atom stereocenters. The molecule has 1 aliphatic rings. The first kappa shape index (κ1) is 11.8. The summed E-state index contributed by atoms with van der Waals surface area (Å²) in [6.45, 7) is 0. The van der Waals surface area contributed by atoms with Crippen LogP contribution >= 0.6 is 0 Å². The molecule has 5 heteroatoms. The van der Waals surface area contributed by atoms with Crippen LogP contribution in [0.15, 0.2) is 24.4 Å². The van der Waals surface area contributed by atoms with Crippen LogP contribution in [0.5, 0.6) is 5.75 Å². The minimum atomic E-state index is -0.500. The van der Waals surface area contributed by atoms with Crippen molar-refractivity contribution in [3.63, 3.8) is 0 Å². The van der Waals surface area contributed by atoms with E-state index in [4.69, 9.17) is 10.5 Å². The average molecular weight is 257 g/mol. The van der Waals surface area contributed by atoms with Gasteiger partial charge in [-0.25, -0.2) is 0 Å². The molecule has 0 aliphatic heterocycles. The minimum absolute atomic E-state index is 0.377. The molecule has 19 heavy (non-hydrogen) atoms. The molecule has 98 valence electrons. The van der Waals surface area contributed by atoms with Crippen molar-refractivity contribution >= 4 is 22.5 Å². The predicted molar refractivity (Wildman–Crippen MR) is 73.5 cm³/mol. The Morgan fingerprint density at radius 1 is 1.47 bits per heavy atom. The number of pyridine rings is 1. The van der Waals surface area contributed by atoms with E-state index in [0.717, 1.165) is 16.6 Å². The molecule has 0 saturated heterocycles. The number of aromatic nitrogens is 1. The lowest BCUT2D eigenvalue weighted by Gasteiger charge is -2.11. The van der Waals surface area contributed by atoms with Crippen LogP contribution in [0.2, 0.25) is 0 Å². The molecule has 1 amide bonds. The molecule has 1 aromatic heterocycles. The molecule has 1 fully saturated rings. The summed E-state index contributed by atoms with van der Waals surface area (Å²) in [7, 11) is 1.51. The fraction of sp³-hybridized carbons (Fsp3) is 0.286. The number of nitrogens with one attached hydrogen (secondary N) is 1. The molecule has 0 radical (unpaired) electrons. The first-order valence-corrected chi connectivity index (χ1v) is 6.22. The Balaban J connectivity index is 2.17. The van der Waals surface area contributed by atoms with Crippen LogP contribution in [0.1, 0.15) is 23.2 Å². The maximum atomic E-state index is 11.5. The summed E-state index contributed by atoms with van der Waals surface area (Å²) in [4.78, 5) is 15.8. The van der Waals surface area contributed by atoms with Crippen molar-refractivity contribution in [3.05, 3.63) is 30.0 Å². The average Bonchev–Trinajstić information content (AvgIpc) is 3.21. The molecule has 0 unspecified atom stereocenters. The van der Waals surface area contributed by atoms with Gasteiger partial charge in [-0.15, -0.1) is 0 Å². The highest BCUT2D eigenvalue weighted by atomic mass is 16.5. The van der Waals surface area contributed by atoms with Gasteiger partial charge in [-0.1, -0.05) is 0 Å². The molecule has 0 bridgehead atoms. The van der Waals surface area contributed by atoms with Crippen LogP contribution in [-0.2, 0) is 0 Å². The highest BCUT2D eigenvalue weighted by Crippen LogP contribution is 2.32. The molecule has 0 spiro atoms. The van der Waals surface area contributed by atoms with Gasteiger partial charge in [-0.2, -0.15) is 0 Å². The molecular weight excluding hydrogens is 242 g/mol. The van der Waals surface area contributed by atoms with E-state index < -0.39 is 5.91 Å². The Kier molecular flexibility index (Phi) is 2.74. The molecule has 3 N–H and O–H groups in total. The van der Waals surface area contributed by atoms with E-state index in [2.05, 4.69) is 10.3 Å². The summed E-state index contributed by atoms with van der Waals surface area (Å²) in [5, 5.41) is 4.32. The predicted octanol–water partition coefficient (Wildman–Crippen LogP) is 1.92. The minimum Gasteiger partial charge on any atom is -0.496 e. The van der Waals surface area contributed by atoms with Gasteiger partial charge < -0.3 is 15.8 Å². The Bertz CT molecular complexity index is 650. The first-order chi connectivity index (χ1) is 9.19. The number of amides is 1. The van der Waals surface area contributed by atoms with Gasteiger partial charge >= 0.3 is 0 Å². The maximum absolute atomic E-state index is 11.5. The number of primary amides is 1. The van der Waals surface area contributed by atoms with Crippen LogP contribution in [0, 0.1) is 0 Å². The second-order valence-corrected chi connectivity index (χ2v) is 4.71. The lowest BCUT2D eigenvalue weighted by molar-refractivity contribution is 0.0997. The zero-order chi connectivity index (χ0) is 13.4.